The summed E-state index contributed by atoms with van der Waals surface area (Å²) in [7, 11) is 0. The molecular weight excluding hydrogens is 218 g/mol. The van der Waals surface area contributed by atoms with Crippen molar-refractivity contribution in [3.8, 4) is 0 Å². The zero-order chi connectivity index (χ0) is 12.9. The molecule has 3 N–H and O–H groups in total. The second-order valence-corrected chi connectivity index (χ2v) is 3.98. The molecule has 0 aromatic heterocycles. The smallest absolute Gasteiger partial charge is 0.404 e. The van der Waals surface area contributed by atoms with Crippen LogP contribution in [0, 0.1) is 0 Å². The van der Waals surface area contributed by atoms with Crippen LogP contribution in [0.1, 0.15) is 32.3 Å². The lowest BCUT2D eigenvalue weighted by atomic mass is 9.84. The summed E-state index contributed by atoms with van der Waals surface area (Å²) in [5, 5.41) is 10.7. The third-order valence-electron chi connectivity index (χ3n) is 2.97. The molecule has 0 aliphatic carbocycles. The number of ether oxygens (including phenoxy) is 1. The lowest BCUT2D eigenvalue weighted by Crippen LogP contribution is -2.42. The molecule has 1 amide bonds. The van der Waals surface area contributed by atoms with Crippen LogP contribution in [0.25, 0.3) is 0 Å². The lowest BCUT2D eigenvalue weighted by molar-refractivity contribution is -0.0871. The Balaban J connectivity index is 3.05. The molecule has 94 valence electrons. The molecule has 17 heavy (non-hydrogen) atoms. The maximum Gasteiger partial charge on any atom is 0.404 e. The molecule has 1 rings (SSSR count). The molecule has 0 saturated carbocycles. The second kappa shape index (κ2) is 5.68. The highest BCUT2D eigenvalue weighted by molar-refractivity contribution is 5.65. The first kappa shape index (κ1) is 13.5. The maximum absolute atomic E-state index is 10.9. The van der Waals surface area contributed by atoms with Crippen LogP contribution in [-0.4, -0.2) is 17.3 Å². The Morgan fingerprint density at radius 3 is 2.41 bits per heavy atom. The van der Waals surface area contributed by atoms with E-state index in [0.29, 0.717) is 12.8 Å². The molecule has 4 heteroatoms. The van der Waals surface area contributed by atoms with E-state index in [-0.39, 0.29) is 0 Å². The Morgan fingerprint density at radius 1 is 1.41 bits per heavy atom. The zero-order valence-electron chi connectivity index (χ0n) is 10.2. The molecule has 4 nitrogen and oxygen atoms in total. The highest BCUT2D eigenvalue weighted by Crippen LogP contribution is 2.32. The second-order valence-electron chi connectivity index (χ2n) is 3.98. The lowest BCUT2D eigenvalue weighted by Gasteiger charge is -2.34. The zero-order valence-corrected chi connectivity index (χ0v) is 10.2. The molecule has 1 aromatic rings. The van der Waals surface area contributed by atoms with Gasteiger partial charge in [-0.25, -0.2) is 4.79 Å². The molecule has 1 aromatic carbocycles. The summed E-state index contributed by atoms with van der Waals surface area (Å²) in [6.45, 7) is 3.69. The monoisotopic (exact) mass is 237 g/mol. The van der Waals surface area contributed by atoms with E-state index in [4.69, 9.17) is 10.5 Å². The van der Waals surface area contributed by atoms with Gasteiger partial charge in [0, 0.05) is 0 Å². The van der Waals surface area contributed by atoms with Crippen molar-refractivity contribution < 1.29 is 14.6 Å². The molecule has 0 aliphatic rings. The van der Waals surface area contributed by atoms with Gasteiger partial charge in [0.2, 0.25) is 0 Å². The number of carbonyl (C=O) groups is 1. The number of primary amides is 1. The molecule has 0 bridgehead atoms. The molecule has 0 fully saturated rings. The maximum atomic E-state index is 10.9. The van der Waals surface area contributed by atoms with E-state index >= 15 is 0 Å². The van der Waals surface area contributed by atoms with Gasteiger partial charge < -0.3 is 15.6 Å². The number of carbonyl (C=O) groups excluding carboxylic acids is 1. The fourth-order valence-corrected chi connectivity index (χ4v) is 2.00. The Bertz CT molecular complexity index is 366. The Kier molecular flexibility index (Phi) is 4.52. The number of amides is 1. The fraction of sp³-hybridized carbons (Fsp3) is 0.462. The van der Waals surface area contributed by atoms with Crippen molar-refractivity contribution in [1.82, 2.24) is 0 Å². The normalized spacial score (nSPS) is 15.9. The van der Waals surface area contributed by atoms with Gasteiger partial charge in [-0.2, -0.15) is 0 Å². The number of hydrogen-bond acceptors (Lipinski definition) is 3. The number of nitrogens with two attached hydrogens (primary N) is 1. The largest absolute Gasteiger partial charge is 0.443 e. The molecule has 2 atom stereocenters. The first-order valence-corrected chi connectivity index (χ1v) is 5.78. The van der Waals surface area contributed by atoms with E-state index in [2.05, 4.69) is 0 Å². The summed E-state index contributed by atoms with van der Waals surface area (Å²) in [5.74, 6) is 0. The average Bonchev–Trinajstić information content (AvgIpc) is 2.35. The highest BCUT2D eigenvalue weighted by atomic mass is 16.6. The Hall–Kier alpha value is -1.55. The van der Waals surface area contributed by atoms with Crippen molar-refractivity contribution in [3.63, 3.8) is 0 Å². The molecule has 0 aliphatic heterocycles. The first-order valence-electron chi connectivity index (χ1n) is 5.78. The van der Waals surface area contributed by atoms with E-state index in [1.165, 1.54) is 0 Å². The number of aliphatic hydroxyl groups is 1. The van der Waals surface area contributed by atoms with Crippen molar-refractivity contribution in [1.29, 1.82) is 0 Å². The molecular formula is C13H19NO3. The van der Waals surface area contributed by atoms with Gasteiger partial charge in [0.1, 0.15) is 11.7 Å². The minimum atomic E-state index is -1.19. The van der Waals surface area contributed by atoms with Crippen LogP contribution < -0.4 is 5.73 Å². The molecule has 0 radical (unpaired) electrons. The molecule has 0 saturated heterocycles. The first-order chi connectivity index (χ1) is 8.04. The van der Waals surface area contributed by atoms with Crippen LogP contribution in [0.4, 0.5) is 4.79 Å². The third kappa shape index (κ3) is 2.97. The van der Waals surface area contributed by atoms with Crippen LogP contribution in [0.2, 0.25) is 0 Å². The SMILES string of the molecule is CCC(OC(N)=O)C(O)(CC)c1ccccc1. The average molecular weight is 237 g/mol. The summed E-state index contributed by atoms with van der Waals surface area (Å²) < 4.78 is 5.00. The van der Waals surface area contributed by atoms with Gasteiger partial charge in [-0.15, -0.1) is 0 Å². The van der Waals surface area contributed by atoms with Crippen LogP contribution in [0.15, 0.2) is 30.3 Å². The minimum Gasteiger partial charge on any atom is -0.443 e. The predicted octanol–water partition coefficient (Wildman–Crippen LogP) is 2.16. The van der Waals surface area contributed by atoms with Gasteiger partial charge >= 0.3 is 6.09 Å². The van der Waals surface area contributed by atoms with Crippen LogP contribution in [-0.2, 0) is 10.3 Å². The standard InChI is InChI=1S/C13H19NO3/c1-3-11(17-12(14)15)13(16,4-2)10-8-6-5-7-9-10/h5-9,11,16H,3-4H2,1-2H3,(H2,14,15). The third-order valence-corrected chi connectivity index (χ3v) is 2.97. The van der Waals surface area contributed by atoms with Gasteiger partial charge in [-0.05, 0) is 18.4 Å². The summed E-state index contributed by atoms with van der Waals surface area (Å²) in [6, 6.07) is 9.18. The van der Waals surface area contributed by atoms with E-state index in [0.717, 1.165) is 5.56 Å². The molecule has 2 unspecified atom stereocenters. The quantitative estimate of drug-likeness (QED) is 0.824. The minimum absolute atomic E-state index is 0.447. The van der Waals surface area contributed by atoms with Gasteiger partial charge in [0.05, 0.1) is 0 Å². The number of rotatable bonds is 5. The van der Waals surface area contributed by atoms with Gasteiger partial charge in [-0.3, -0.25) is 0 Å². The molecule has 0 heterocycles. The van der Waals surface area contributed by atoms with Crippen molar-refractivity contribution in [2.45, 2.75) is 38.4 Å². The summed E-state index contributed by atoms with van der Waals surface area (Å²) in [6.07, 6.45) is -0.544. The van der Waals surface area contributed by atoms with E-state index < -0.39 is 17.8 Å². The summed E-state index contributed by atoms with van der Waals surface area (Å²) in [5.41, 5.74) is 4.57. The van der Waals surface area contributed by atoms with Gasteiger partial charge in [-0.1, -0.05) is 44.2 Å². The van der Waals surface area contributed by atoms with Gasteiger partial charge in [0.15, 0.2) is 0 Å². The van der Waals surface area contributed by atoms with Crippen molar-refractivity contribution in [3.05, 3.63) is 35.9 Å². The van der Waals surface area contributed by atoms with Crippen molar-refractivity contribution in [2.75, 3.05) is 0 Å². The van der Waals surface area contributed by atoms with E-state index in [1.54, 1.807) is 0 Å². The Labute approximate surface area is 101 Å². The van der Waals surface area contributed by atoms with E-state index in [1.807, 2.05) is 44.2 Å². The van der Waals surface area contributed by atoms with Crippen molar-refractivity contribution >= 4 is 6.09 Å². The Morgan fingerprint density at radius 2 is 2.00 bits per heavy atom. The molecule has 0 spiro atoms. The number of benzene rings is 1. The van der Waals surface area contributed by atoms with Crippen LogP contribution in [0.5, 0.6) is 0 Å². The van der Waals surface area contributed by atoms with Gasteiger partial charge in [0.25, 0.3) is 0 Å². The fourth-order valence-electron chi connectivity index (χ4n) is 2.00. The topological polar surface area (TPSA) is 72.5 Å². The summed E-state index contributed by atoms with van der Waals surface area (Å²) in [4.78, 5) is 10.9. The predicted molar refractivity (Wildman–Crippen MR) is 65.4 cm³/mol. The summed E-state index contributed by atoms with van der Waals surface area (Å²) >= 11 is 0. The van der Waals surface area contributed by atoms with E-state index in [9.17, 15) is 9.90 Å². The highest BCUT2D eigenvalue weighted by Gasteiger charge is 2.38. The number of hydrogen-bond donors (Lipinski definition) is 2. The van der Waals surface area contributed by atoms with Crippen molar-refractivity contribution in [2.24, 2.45) is 5.73 Å². The van der Waals surface area contributed by atoms with Crippen LogP contribution in [0.3, 0.4) is 0 Å². The van der Waals surface area contributed by atoms with Crippen LogP contribution >= 0.6 is 0 Å².